The third kappa shape index (κ3) is 1.79. The van der Waals surface area contributed by atoms with Crippen LogP contribution < -0.4 is 11.6 Å². The lowest BCUT2D eigenvalue weighted by Gasteiger charge is -2.03. The molecule has 0 bridgehead atoms. The van der Waals surface area contributed by atoms with E-state index < -0.39 is 0 Å². The van der Waals surface area contributed by atoms with E-state index in [4.69, 9.17) is 11.6 Å². The molecule has 2 heterocycles. The predicted octanol–water partition coefficient (Wildman–Crippen LogP) is 2.01. The number of hydrogen-bond acceptors (Lipinski definition) is 4. The van der Waals surface area contributed by atoms with Crippen molar-refractivity contribution in [2.24, 2.45) is 0 Å². The Morgan fingerprint density at radius 3 is 2.53 bits per heavy atom. The molecule has 0 aliphatic carbocycles. The van der Waals surface area contributed by atoms with E-state index in [9.17, 15) is 0 Å². The van der Waals surface area contributed by atoms with Gasteiger partial charge in [0, 0.05) is 16.6 Å². The van der Waals surface area contributed by atoms with E-state index in [-0.39, 0.29) is 0 Å². The molecular formula is C14H15N5. The fourth-order valence-corrected chi connectivity index (χ4v) is 2.15. The molecule has 2 aromatic heterocycles. The molecule has 0 unspecified atom stereocenters. The number of pyridine rings is 1. The molecule has 0 aliphatic heterocycles. The van der Waals surface area contributed by atoms with Crippen molar-refractivity contribution < 1.29 is 0 Å². The number of nitrogen functional groups attached to an aromatic ring is 2. The molecule has 0 saturated carbocycles. The first-order valence-corrected chi connectivity index (χ1v) is 6.04. The highest BCUT2D eigenvalue weighted by atomic mass is 15.4. The molecule has 5 nitrogen and oxygen atoms in total. The van der Waals surface area contributed by atoms with Gasteiger partial charge in [0.2, 0.25) is 0 Å². The molecule has 0 saturated heterocycles. The molecule has 0 radical (unpaired) electrons. The molecular weight excluding hydrogens is 238 g/mol. The maximum Gasteiger partial charge on any atom is 0.150 e. The molecule has 96 valence electrons. The van der Waals surface area contributed by atoms with Crippen molar-refractivity contribution in [3.63, 3.8) is 0 Å². The van der Waals surface area contributed by atoms with Gasteiger partial charge < -0.3 is 11.6 Å². The minimum atomic E-state index is 0.469. The second kappa shape index (κ2) is 3.98. The Morgan fingerprint density at radius 2 is 1.84 bits per heavy atom. The van der Waals surface area contributed by atoms with Gasteiger partial charge in [-0.25, -0.2) is 9.66 Å². The number of aromatic nitrogens is 3. The van der Waals surface area contributed by atoms with Gasteiger partial charge in [0.25, 0.3) is 0 Å². The van der Waals surface area contributed by atoms with Crippen molar-refractivity contribution >= 4 is 16.7 Å². The third-order valence-corrected chi connectivity index (χ3v) is 3.23. The van der Waals surface area contributed by atoms with Gasteiger partial charge in [-0.2, -0.15) is 0 Å². The summed E-state index contributed by atoms with van der Waals surface area (Å²) in [6, 6.07) is 10.0. The van der Waals surface area contributed by atoms with Gasteiger partial charge in [0.15, 0.2) is 5.82 Å². The maximum absolute atomic E-state index is 5.96. The number of aryl methyl sites for hydroxylation is 2. The Bertz CT molecular complexity index is 773. The van der Waals surface area contributed by atoms with Gasteiger partial charge >= 0.3 is 0 Å². The first-order valence-electron chi connectivity index (χ1n) is 6.04. The van der Waals surface area contributed by atoms with Crippen LogP contribution in [-0.4, -0.2) is 14.6 Å². The molecule has 0 spiro atoms. The van der Waals surface area contributed by atoms with E-state index in [0.29, 0.717) is 17.3 Å². The molecule has 0 aliphatic rings. The molecule has 5 heteroatoms. The summed E-state index contributed by atoms with van der Waals surface area (Å²) in [7, 11) is 0. The summed E-state index contributed by atoms with van der Waals surface area (Å²) in [6.07, 6.45) is 0. The van der Waals surface area contributed by atoms with Crippen LogP contribution in [0, 0.1) is 13.8 Å². The first kappa shape index (κ1) is 11.5. The molecule has 3 rings (SSSR count). The van der Waals surface area contributed by atoms with Gasteiger partial charge in [-0.1, -0.05) is 12.1 Å². The Kier molecular flexibility index (Phi) is 2.41. The highest BCUT2D eigenvalue weighted by Crippen LogP contribution is 2.27. The van der Waals surface area contributed by atoms with Crippen LogP contribution >= 0.6 is 0 Å². The van der Waals surface area contributed by atoms with E-state index in [2.05, 4.69) is 9.97 Å². The Balaban J connectivity index is 2.20. The van der Waals surface area contributed by atoms with Crippen LogP contribution in [-0.2, 0) is 0 Å². The fourth-order valence-electron chi connectivity index (χ4n) is 2.15. The van der Waals surface area contributed by atoms with Crippen molar-refractivity contribution in [2.45, 2.75) is 13.8 Å². The zero-order valence-electron chi connectivity index (χ0n) is 10.9. The SMILES string of the molecule is Cc1ccc2cc(-c3nc(C)n(N)c3N)ccc2n1. The average Bonchev–Trinajstić information content (AvgIpc) is 2.66. The van der Waals surface area contributed by atoms with Crippen molar-refractivity contribution in [3.8, 4) is 11.3 Å². The van der Waals surface area contributed by atoms with Crippen LogP contribution in [0.2, 0.25) is 0 Å². The number of anilines is 1. The van der Waals surface area contributed by atoms with E-state index in [1.54, 1.807) is 0 Å². The number of hydrogen-bond donors (Lipinski definition) is 2. The van der Waals surface area contributed by atoms with Crippen LogP contribution in [0.4, 0.5) is 5.82 Å². The minimum Gasteiger partial charge on any atom is -0.382 e. The molecule has 19 heavy (non-hydrogen) atoms. The monoisotopic (exact) mass is 253 g/mol. The number of rotatable bonds is 1. The Labute approximate surface area is 110 Å². The van der Waals surface area contributed by atoms with Crippen molar-refractivity contribution in [3.05, 3.63) is 41.9 Å². The largest absolute Gasteiger partial charge is 0.382 e. The maximum atomic E-state index is 5.96. The van der Waals surface area contributed by atoms with Gasteiger partial charge in [-0.3, -0.25) is 4.98 Å². The quantitative estimate of drug-likeness (QED) is 0.650. The summed E-state index contributed by atoms with van der Waals surface area (Å²) < 4.78 is 1.40. The fraction of sp³-hybridized carbons (Fsp3) is 0.143. The zero-order chi connectivity index (χ0) is 13.6. The van der Waals surface area contributed by atoms with Gasteiger partial charge in [0.05, 0.1) is 5.52 Å². The molecule has 0 fully saturated rings. The number of imidazole rings is 1. The third-order valence-electron chi connectivity index (χ3n) is 3.23. The standard InChI is InChI=1S/C14H15N5/c1-8-3-4-10-7-11(5-6-12(10)17-8)13-14(15)19(16)9(2)18-13/h3-7H,15-16H2,1-2H3. The van der Waals surface area contributed by atoms with E-state index in [1.165, 1.54) is 4.68 Å². The summed E-state index contributed by atoms with van der Waals surface area (Å²) in [5.41, 5.74) is 9.59. The highest BCUT2D eigenvalue weighted by molar-refractivity contribution is 5.85. The lowest BCUT2D eigenvalue weighted by atomic mass is 10.1. The summed E-state index contributed by atoms with van der Waals surface area (Å²) >= 11 is 0. The van der Waals surface area contributed by atoms with Crippen molar-refractivity contribution in [2.75, 3.05) is 11.6 Å². The predicted molar refractivity (Wildman–Crippen MR) is 77.0 cm³/mol. The molecule has 4 N–H and O–H groups in total. The number of fused-ring (bicyclic) bond motifs is 1. The van der Waals surface area contributed by atoms with Crippen molar-refractivity contribution in [1.82, 2.24) is 14.6 Å². The van der Waals surface area contributed by atoms with Gasteiger partial charge in [0.1, 0.15) is 11.5 Å². The minimum absolute atomic E-state index is 0.469. The average molecular weight is 253 g/mol. The van der Waals surface area contributed by atoms with Crippen molar-refractivity contribution in [1.29, 1.82) is 0 Å². The Morgan fingerprint density at radius 1 is 1.05 bits per heavy atom. The number of nitrogens with two attached hydrogens (primary N) is 2. The summed E-state index contributed by atoms with van der Waals surface area (Å²) in [5, 5.41) is 1.06. The first-order chi connectivity index (χ1) is 9.06. The second-order valence-corrected chi connectivity index (χ2v) is 4.62. The summed E-state index contributed by atoms with van der Waals surface area (Å²) in [5.74, 6) is 6.95. The van der Waals surface area contributed by atoms with Crippen LogP contribution in [0.1, 0.15) is 11.5 Å². The Hall–Kier alpha value is -2.56. The van der Waals surface area contributed by atoms with Crippen LogP contribution in [0.15, 0.2) is 30.3 Å². The topological polar surface area (TPSA) is 82.8 Å². The molecule has 0 amide bonds. The van der Waals surface area contributed by atoms with E-state index in [1.807, 2.05) is 44.2 Å². The summed E-state index contributed by atoms with van der Waals surface area (Å²) in [6.45, 7) is 3.80. The normalized spacial score (nSPS) is 11.1. The molecule has 1 aromatic carbocycles. The molecule has 3 aromatic rings. The summed E-state index contributed by atoms with van der Waals surface area (Å²) in [4.78, 5) is 8.87. The smallest absolute Gasteiger partial charge is 0.150 e. The van der Waals surface area contributed by atoms with Gasteiger partial charge in [-0.05, 0) is 32.0 Å². The van der Waals surface area contributed by atoms with Gasteiger partial charge in [-0.15, -0.1) is 0 Å². The van der Waals surface area contributed by atoms with E-state index >= 15 is 0 Å². The number of benzene rings is 1. The van der Waals surface area contributed by atoms with Crippen LogP contribution in [0.5, 0.6) is 0 Å². The zero-order valence-corrected chi connectivity index (χ0v) is 10.9. The van der Waals surface area contributed by atoms with Crippen LogP contribution in [0.3, 0.4) is 0 Å². The molecule has 0 atom stereocenters. The lowest BCUT2D eigenvalue weighted by Crippen LogP contribution is -2.13. The number of nitrogens with zero attached hydrogens (tertiary/aromatic N) is 3. The van der Waals surface area contributed by atoms with Crippen LogP contribution in [0.25, 0.3) is 22.2 Å². The van der Waals surface area contributed by atoms with E-state index in [0.717, 1.165) is 22.2 Å². The second-order valence-electron chi connectivity index (χ2n) is 4.62. The highest BCUT2D eigenvalue weighted by Gasteiger charge is 2.12. The lowest BCUT2D eigenvalue weighted by molar-refractivity contribution is 0.937.